The van der Waals surface area contributed by atoms with Crippen molar-refractivity contribution in [3.05, 3.63) is 35.4 Å². The molecule has 0 bridgehead atoms. The first-order chi connectivity index (χ1) is 11.7. The molecule has 0 aromatic heterocycles. The molecule has 7 heteroatoms. The van der Waals surface area contributed by atoms with E-state index in [0.717, 1.165) is 4.90 Å². The molecule has 0 saturated heterocycles. The molecular formula is C18H21NO6. The van der Waals surface area contributed by atoms with Crippen LogP contribution in [0.4, 0.5) is 0 Å². The minimum Gasteiger partial charge on any atom is -0.469 e. The normalized spacial score (nSPS) is 15.0. The van der Waals surface area contributed by atoms with Crippen LogP contribution in [0, 0.1) is 0 Å². The smallest absolute Gasteiger partial charge is 0.329 e. The van der Waals surface area contributed by atoms with Crippen LogP contribution in [0.3, 0.4) is 0 Å². The molecule has 1 aliphatic rings. The van der Waals surface area contributed by atoms with Gasteiger partial charge in [-0.15, -0.1) is 0 Å². The fourth-order valence-corrected chi connectivity index (χ4v) is 2.57. The van der Waals surface area contributed by atoms with Crippen molar-refractivity contribution in [3.8, 4) is 0 Å². The number of rotatable bonds is 5. The van der Waals surface area contributed by atoms with Crippen LogP contribution in [-0.4, -0.2) is 47.4 Å². The minimum atomic E-state index is -1.19. The zero-order chi connectivity index (χ0) is 18.8. The Kier molecular flexibility index (Phi) is 5.25. The molecule has 0 aliphatic carbocycles. The summed E-state index contributed by atoms with van der Waals surface area (Å²) in [6.07, 6.45) is -0.180. The number of hydrogen-bond donors (Lipinski definition) is 0. The number of nitrogens with zero attached hydrogens (tertiary/aromatic N) is 1. The third-order valence-corrected chi connectivity index (χ3v) is 3.67. The Labute approximate surface area is 145 Å². The van der Waals surface area contributed by atoms with Crippen molar-refractivity contribution in [2.45, 2.75) is 45.3 Å². The fourth-order valence-electron chi connectivity index (χ4n) is 2.57. The summed E-state index contributed by atoms with van der Waals surface area (Å²) < 4.78 is 9.92. The number of methoxy groups -OCH3 is 1. The number of imide groups is 1. The maximum atomic E-state index is 12.6. The zero-order valence-corrected chi connectivity index (χ0v) is 14.7. The first-order valence-corrected chi connectivity index (χ1v) is 7.92. The largest absolute Gasteiger partial charge is 0.469 e. The highest BCUT2D eigenvalue weighted by atomic mass is 16.6. The Hall–Kier alpha value is -2.70. The minimum absolute atomic E-state index is 0.0624. The lowest BCUT2D eigenvalue weighted by atomic mass is 10.1. The average molecular weight is 347 g/mol. The molecule has 1 heterocycles. The Morgan fingerprint density at radius 3 is 2.04 bits per heavy atom. The average Bonchev–Trinajstić information content (AvgIpc) is 2.78. The topological polar surface area (TPSA) is 90.0 Å². The molecule has 2 rings (SSSR count). The van der Waals surface area contributed by atoms with E-state index in [-0.39, 0.29) is 24.0 Å². The van der Waals surface area contributed by atoms with E-state index in [1.54, 1.807) is 32.9 Å². The highest BCUT2D eigenvalue weighted by Gasteiger charge is 2.44. The van der Waals surface area contributed by atoms with Crippen LogP contribution in [0.5, 0.6) is 0 Å². The van der Waals surface area contributed by atoms with Gasteiger partial charge in [-0.05, 0) is 39.3 Å². The Morgan fingerprint density at radius 1 is 1.08 bits per heavy atom. The Balaban J connectivity index is 2.32. The summed E-state index contributed by atoms with van der Waals surface area (Å²) in [6, 6.07) is 5.16. The number of hydrogen-bond acceptors (Lipinski definition) is 6. The molecule has 1 aliphatic heterocycles. The third-order valence-electron chi connectivity index (χ3n) is 3.67. The van der Waals surface area contributed by atoms with Crippen molar-refractivity contribution in [2.24, 2.45) is 0 Å². The third kappa shape index (κ3) is 4.04. The fraction of sp³-hybridized carbons (Fsp3) is 0.444. The molecule has 0 radical (unpaired) electrons. The maximum absolute atomic E-state index is 12.6. The number of ether oxygens (including phenoxy) is 2. The van der Waals surface area contributed by atoms with Gasteiger partial charge < -0.3 is 9.47 Å². The quantitative estimate of drug-likeness (QED) is 0.597. The van der Waals surface area contributed by atoms with Crippen LogP contribution in [0.2, 0.25) is 0 Å². The summed E-state index contributed by atoms with van der Waals surface area (Å²) in [5, 5.41) is 0. The maximum Gasteiger partial charge on any atom is 0.329 e. The van der Waals surface area contributed by atoms with Gasteiger partial charge in [-0.1, -0.05) is 12.1 Å². The first kappa shape index (κ1) is 18.6. The van der Waals surface area contributed by atoms with Gasteiger partial charge in [-0.25, -0.2) is 4.79 Å². The van der Waals surface area contributed by atoms with Gasteiger partial charge in [0.1, 0.15) is 11.6 Å². The summed E-state index contributed by atoms with van der Waals surface area (Å²) in [7, 11) is 1.23. The number of benzene rings is 1. The van der Waals surface area contributed by atoms with Gasteiger partial charge in [0.2, 0.25) is 0 Å². The summed E-state index contributed by atoms with van der Waals surface area (Å²) >= 11 is 0. The Bertz CT molecular complexity index is 684. The highest BCUT2D eigenvalue weighted by Crippen LogP contribution is 2.27. The molecule has 1 aromatic rings. The molecule has 1 aromatic carbocycles. The molecule has 2 amide bonds. The number of fused-ring (bicyclic) bond motifs is 1. The van der Waals surface area contributed by atoms with Gasteiger partial charge in [-0.2, -0.15) is 0 Å². The van der Waals surface area contributed by atoms with Crippen molar-refractivity contribution in [1.29, 1.82) is 0 Å². The molecule has 7 nitrogen and oxygen atoms in total. The van der Waals surface area contributed by atoms with Gasteiger partial charge in [0.05, 0.1) is 18.2 Å². The van der Waals surface area contributed by atoms with E-state index in [0.29, 0.717) is 0 Å². The van der Waals surface area contributed by atoms with E-state index >= 15 is 0 Å². The molecule has 0 unspecified atom stereocenters. The van der Waals surface area contributed by atoms with E-state index in [1.807, 2.05) is 0 Å². The van der Waals surface area contributed by atoms with Crippen LogP contribution in [-0.2, 0) is 19.1 Å². The lowest BCUT2D eigenvalue weighted by molar-refractivity contribution is -0.160. The summed E-state index contributed by atoms with van der Waals surface area (Å²) in [5.41, 5.74) is -0.322. The molecule has 0 saturated carbocycles. The Morgan fingerprint density at radius 2 is 1.60 bits per heavy atom. The summed E-state index contributed by atoms with van der Waals surface area (Å²) in [4.78, 5) is 50.1. The van der Waals surface area contributed by atoms with Crippen LogP contribution >= 0.6 is 0 Å². The summed E-state index contributed by atoms with van der Waals surface area (Å²) in [6.45, 7) is 5.06. The van der Waals surface area contributed by atoms with Crippen LogP contribution in [0.25, 0.3) is 0 Å². The summed E-state index contributed by atoms with van der Waals surface area (Å²) in [5.74, 6) is -2.40. The van der Waals surface area contributed by atoms with Gasteiger partial charge in [0, 0.05) is 6.42 Å². The predicted molar refractivity (Wildman–Crippen MR) is 87.8 cm³/mol. The van der Waals surface area contributed by atoms with Gasteiger partial charge in [0.15, 0.2) is 0 Å². The number of amides is 2. The second-order valence-corrected chi connectivity index (χ2v) is 6.69. The van der Waals surface area contributed by atoms with Gasteiger partial charge in [0.25, 0.3) is 11.8 Å². The van der Waals surface area contributed by atoms with Crippen molar-refractivity contribution in [3.63, 3.8) is 0 Å². The van der Waals surface area contributed by atoms with Gasteiger partial charge >= 0.3 is 11.9 Å². The lowest BCUT2D eigenvalue weighted by Crippen LogP contribution is -2.47. The van der Waals surface area contributed by atoms with E-state index < -0.39 is 35.4 Å². The lowest BCUT2D eigenvalue weighted by Gasteiger charge is -2.28. The molecule has 0 N–H and O–H groups in total. The highest BCUT2D eigenvalue weighted by molar-refractivity contribution is 6.22. The second-order valence-electron chi connectivity index (χ2n) is 6.69. The van der Waals surface area contributed by atoms with Crippen LogP contribution < -0.4 is 0 Å². The second kappa shape index (κ2) is 7.04. The van der Waals surface area contributed by atoms with E-state index in [1.165, 1.54) is 19.2 Å². The van der Waals surface area contributed by atoms with E-state index in [2.05, 4.69) is 4.74 Å². The van der Waals surface area contributed by atoms with Crippen molar-refractivity contribution >= 4 is 23.8 Å². The molecular weight excluding hydrogens is 326 g/mol. The number of carbonyl (C=O) groups is 4. The van der Waals surface area contributed by atoms with Crippen LogP contribution in [0.15, 0.2) is 24.3 Å². The van der Waals surface area contributed by atoms with E-state index in [4.69, 9.17) is 4.74 Å². The van der Waals surface area contributed by atoms with Crippen molar-refractivity contribution < 1.29 is 28.7 Å². The molecule has 0 fully saturated rings. The van der Waals surface area contributed by atoms with Gasteiger partial charge in [-0.3, -0.25) is 19.3 Å². The van der Waals surface area contributed by atoms with Crippen LogP contribution in [0.1, 0.15) is 54.3 Å². The molecule has 134 valence electrons. The number of esters is 2. The zero-order valence-electron chi connectivity index (χ0n) is 14.7. The standard InChI is InChI=1S/C18H21NO6/c1-18(2,3)25-17(23)13(9-10-14(20)24-4)19-15(21)11-7-5-6-8-12(11)16(19)22/h5-8,13H,9-10H2,1-4H3/t13-/m0/s1. The van der Waals surface area contributed by atoms with Crippen molar-refractivity contribution in [2.75, 3.05) is 7.11 Å². The molecule has 25 heavy (non-hydrogen) atoms. The molecule has 1 atom stereocenters. The molecule has 0 spiro atoms. The van der Waals surface area contributed by atoms with E-state index in [9.17, 15) is 19.2 Å². The first-order valence-electron chi connectivity index (χ1n) is 7.92. The number of carbonyl (C=O) groups excluding carboxylic acids is 4. The monoisotopic (exact) mass is 347 g/mol. The SMILES string of the molecule is COC(=O)CC[C@@H](C(=O)OC(C)(C)C)N1C(=O)c2ccccc2C1=O. The predicted octanol–water partition coefficient (Wildman–Crippen LogP) is 1.95. The van der Waals surface area contributed by atoms with Crippen molar-refractivity contribution in [1.82, 2.24) is 4.90 Å².